The number of rotatable bonds is 3. The largest absolute Gasteiger partial charge is 0.328 e. The minimum absolute atomic E-state index is 0.0292. The Morgan fingerprint density at radius 3 is 2.89 bits per heavy atom. The fourth-order valence-corrected chi connectivity index (χ4v) is 2.88. The first-order valence-electron chi connectivity index (χ1n) is 6.09. The van der Waals surface area contributed by atoms with Crippen LogP contribution in [0.1, 0.15) is 42.3 Å². The second kappa shape index (κ2) is 5.58. The molecule has 3 N–H and O–H groups in total. The van der Waals surface area contributed by atoms with E-state index in [0.717, 1.165) is 25.7 Å². The van der Waals surface area contributed by atoms with Crippen molar-refractivity contribution in [3.8, 4) is 0 Å². The van der Waals surface area contributed by atoms with Crippen LogP contribution < -0.4 is 11.1 Å². The van der Waals surface area contributed by atoms with Crippen molar-refractivity contribution in [3.63, 3.8) is 0 Å². The Bertz CT molecular complexity index is 458. The smallest absolute Gasteiger partial charge is 0.229 e. The van der Waals surface area contributed by atoms with Crippen LogP contribution in [0, 0.1) is 5.92 Å². The van der Waals surface area contributed by atoms with Gasteiger partial charge in [-0.15, -0.1) is 0 Å². The first-order chi connectivity index (χ1) is 8.56. The lowest BCUT2D eigenvalue weighted by molar-refractivity contribution is -0.120. The maximum Gasteiger partial charge on any atom is 0.229 e. The first kappa shape index (κ1) is 13.2. The zero-order chi connectivity index (χ0) is 13.1. The molecule has 1 amide bonds. The lowest BCUT2D eigenvalue weighted by Gasteiger charge is -2.25. The summed E-state index contributed by atoms with van der Waals surface area (Å²) in [6.07, 6.45) is 5.10. The third-order valence-corrected chi connectivity index (χ3v) is 4.18. The first-order valence-corrected chi connectivity index (χ1v) is 6.91. The SMILES string of the molecule is CC(=O)c1cnc(NC(=O)C2CCCC(N)C2)s1. The van der Waals surface area contributed by atoms with Crippen molar-refractivity contribution in [2.24, 2.45) is 11.7 Å². The summed E-state index contributed by atoms with van der Waals surface area (Å²) in [6.45, 7) is 1.49. The number of hydrogen-bond donors (Lipinski definition) is 2. The lowest BCUT2D eigenvalue weighted by atomic mass is 9.86. The molecule has 0 spiro atoms. The Labute approximate surface area is 110 Å². The zero-order valence-electron chi connectivity index (χ0n) is 10.3. The van der Waals surface area contributed by atoms with Crippen LogP contribution in [0.2, 0.25) is 0 Å². The van der Waals surface area contributed by atoms with Crippen LogP contribution in [0.15, 0.2) is 6.20 Å². The van der Waals surface area contributed by atoms with Gasteiger partial charge in [0.05, 0.1) is 11.1 Å². The van der Waals surface area contributed by atoms with Gasteiger partial charge in [0.2, 0.25) is 5.91 Å². The van der Waals surface area contributed by atoms with E-state index in [1.807, 2.05) is 0 Å². The molecule has 1 heterocycles. The topological polar surface area (TPSA) is 85.1 Å². The van der Waals surface area contributed by atoms with Gasteiger partial charge in [-0.2, -0.15) is 0 Å². The molecule has 0 bridgehead atoms. The van der Waals surface area contributed by atoms with Gasteiger partial charge in [-0.05, 0) is 19.3 Å². The second-order valence-corrected chi connectivity index (χ2v) is 5.73. The number of nitrogens with one attached hydrogen (secondary N) is 1. The highest BCUT2D eigenvalue weighted by molar-refractivity contribution is 7.17. The normalized spacial score (nSPS) is 23.7. The standard InChI is InChI=1S/C12H17N3O2S/c1-7(16)10-6-14-12(18-10)15-11(17)8-3-2-4-9(13)5-8/h6,8-9H,2-5,13H2,1H3,(H,14,15,17). The molecule has 0 aromatic carbocycles. The van der Waals surface area contributed by atoms with Crippen LogP contribution in [0.4, 0.5) is 5.13 Å². The molecule has 1 saturated carbocycles. The Morgan fingerprint density at radius 2 is 2.28 bits per heavy atom. The Balaban J connectivity index is 1.95. The molecule has 2 unspecified atom stereocenters. The molecule has 98 valence electrons. The molecule has 2 atom stereocenters. The molecule has 0 radical (unpaired) electrons. The molecule has 1 aliphatic carbocycles. The summed E-state index contributed by atoms with van der Waals surface area (Å²) in [5.74, 6) is -0.0966. The monoisotopic (exact) mass is 267 g/mol. The van der Waals surface area contributed by atoms with Crippen molar-refractivity contribution >= 4 is 28.2 Å². The van der Waals surface area contributed by atoms with Gasteiger partial charge in [0.25, 0.3) is 0 Å². The Hall–Kier alpha value is -1.27. The Kier molecular flexibility index (Phi) is 4.08. The third kappa shape index (κ3) is 3.14. The molecule has 1 aliphatic rings. The highest BCUT2D eigenvalue weighted by Crippen LogP contribution is 2.25. The number of hydrogen-bond acceptors (Lipinski definition) is 5. The van der Waals surface area contributed by atoms with Crippen LogP contribution >= 0.6 is 11.3 Å². The molecule has 18 heavy (non-hydrogen) atoms. The number of carbonyl (C=O) groups excluding carboxylic acids is 2. The van der Waals surface area contributed by atoms with Gasteiger partial charge in [-0.3, -0.25) is 9.59 Å². The summed E-state index contributed by atoms with van der Waals surface area (Å²) in [5, 5.41) is 3.26. The van der Waals surface area contributed by atoms with E-state index in [1.54, 1.807) is 0 Å². The number of nitrogens with zero attached hydrogens (tertiary/aromatic N) is 1. The molecule has 5 nitrogen and oxygen atoms in total. The number of aromatic nitrogens is 1. The molecule has 1 fully saturated rings. The van der Waals surface area contributed by atoms with Crippen molar-refractivity contribution in [2.75, 3.05) is 5.32 Å². The predicted molar refractivity (Wildman–Crippen MR) is 70.7 cm³/mol. The molecular formula is C12H17N3O2S. The third-order valence-electron chi connectivity index (χ3n) is 3.17. The summed E-state index contributed by atoms with van der Waals surface area (Å²) in [5.41, 5.74) is 5.86. The number of amides is 1. The van der Waals surface area contributed by atoms with Crippen LogP contribution in [0.3, 0.4) is 0 Å². The van der Waals surface area contributed by atoms with Crippen LogP contribution in [0.5, 0.6) is 0 Å². The fourth-order valence-electron chi connectivity index (χ4n) is 2.17. The maximum atomic E-state index is 12.0. The summed E-state index contributed by atoms with van der Waals surface area (Å²) in [4.78, 5) is 27.7. The molecule has 1 aromatic heterocycles. The number of carbonyl (C=O) groups is 2. The predicted octanol–water partition coefficient (Wildman–Crippen LogP) is 1.80. The van der Waals surface area contributed by atoms with Crippen molar-refractivity contribution in [3.05, 3.63) is 11.1 Å². The molecule has 1 aromatic rings. The van der Waals surface area contributed by atoms with Gasteiger partial charge < -0.3 is 11.1 Å². The molecular weight excluding hydrogens is 250 g/mol. The van der Waals surface area contributed by atoms with Crippen LogP contribution in [-0.2, 0) is 4.79 Å². The highest BCUT2D eigenvalue weighted by atomic mass is 32.1. The average Bonchev–Trinajstić information content (AvgIpc) is 2.77. The van der Waals surface area contributed by atoms with Crippen molar-refractivity contribution < 1.29 is 9.59 Å². The second-order valence-electron chi connectivity index (χ2n) is 4.70. The van der Waals surface area contributed by atoms with E-state index in [9.17, 15) is 9.59 Å². The number of nitrogens with two attached hydrogens (primary N) is 1. The van der Waals surface area contributed by atoms with Crippen LogP contribution in [0.25, 0.3) is 0 Å². The summed E-state index contributed by atoms with van der Waals surface area (Å²) in [7, 11) is 0. The van der Waals surface area contributed by atoms with Gasteiger partial charge in [-0.25, -0.2) is 4.98 Å². The molecule has 0 saturated heterocycles. The van der Waals surface area contributed by atoms with E-state index in [2.05, 4.69) is 10.3 Å². The van der Waals surface area contributed by atoms with E-state index in [1.165, 1.54) is 24.5 Å². The van der Waals surface area contributed by atoms with Crippen molar-refractivity contribution in [1.82, 2.24) is 4.98 Å². The highest BCUT2D eigenvalue weighted by Gasteiger charge is 2.25. The van der Waals surface area contributed by atoms with Gasteiger partial charge in [0.15, 0.2) is 10.9 Å². The lowest BCUT2D eigenvalue weighted by Crippen LogP contribution is -2.34. The minimum atomic E-state index is -0.0345. The maximum absolute atomic E-state index is 12.0. The van der Waals surface area contributed by atoms with E-state index in [0.29, 0.717) is 10.0 Å². The molecule has 2 rings (SSSR count). The zero-order valence-corrected chi connectivity index (χ0v) is 11.1. The number of thiazole rings is 1. The van der Waals surface area contributed by atoms with Crippen molar-refractivity contribution in [2.45, 2.75) is 38.6 Å². The summed E-state index contributed by atoms with van der Waals surface area (Å²) in [6, 6.07) is 0.124. The van der Waals surface area contributed by atoms with Gasteiger partial charge in [-0.1, -0.05) is 17.8 Å². The van der Waals surface area contributed by atoms with E-state index < -0.39 is 0 Å². The average molecular weight is 267 g/mol. The van der Waals surface area contributed by atoms with Gasteiger partial charge in [0.1, 0.15) is 0 Å². The van der Waals surface area contributed by atoms with E-state index in [-0.39, 0.29) is 23.7 Å². The summed E-state index contributed by atoms with van der Waals surface area (Å²) >= 11 is 1.21. The quantitative estimate of drug-likeness (QED) is 0.818. The van der Waals surface area contributed by atoms with Crippen LogP contribution in [-0.4, -0.2) is 22.7 Å². The summed E-state index contributed by atoms with van der Waals surface area (Å²) < 4.78 is 0. The van der Waals surface area contributed by atoms with Gasteiger partial charge in [0, 0.05) is 18.9 Å². The van der Waals surface area contributed by atoms with Gasteiger partial charge >= 0.3 is 0 Å². The number of Topliss-reactive ketones (excluding diaryl/α,β-unsaturated/α-hetero) is 1. The van der Waals surface area contributed by atoms with E-state index in [4.69, 9.17) is 5.73 Å². The molecule has 6 heteroatoms. The fraction of sp³-hybridized carbons (Fsp3) is 0.583. The number of ketones is 1. The Morgan fingerprint density at radius 1 is 1.50 bits per heavy atom. The van der Waals surface area contributed by atoms with Crippen molar-refractivity contribution in [1.29, 1.82) is 0 Å². The number of anilines is 1. The minimum Gasteiger partial charge on any atom is -0.328 e. The molecule has 0 aliphatic heterocycles. The van der Waals surface area contributed by atoms with E-state index >= 15 is 0 Å².